The van der Waals surface area contributed by atoms with Crippen LogP contribution in [0.25, 0.3) is 0 Å². The lowest BCUT2D eigenvalue weighted by atomic mass is 9.98. The van der Waals surface area contributed by atoms with Crippen molar-refractivity contribution in [2.24, 2.45) is 11.7 Å². The molecule has 0 radical (unpaired) electrons. The van der Waals surface area contributed by atoms with E-state index in [1.54, 1.807) is 0 Å². The van der Waals surface area contributed by atoms with Crippen LogP contribution in [0.15, 0.2) is 0 Å². The Morgan fingerprint density at radius 1 is 1.47 bits per heavy atom. The Bertz CT molecular complexity index is 277. The minimum atomic E-state index is -0.890. The van der Waals surface area contributed by atoms with Crippen molar-refractivity contribution in [3.05, 3.63) is 0 Å². The van der Waals surface area contributed by atoms with Crippen molar-refractivity contribution in [1.82, 2.24) is 4.90 Å². The molecule has 5 heteroatoms. The standard InChI is InChI=1S/C12H22N2O3/c1-2-9(8-13)7-11(15)14-6-4-3-5-10(14)12(16)17/h9-10H,2-8,13H2,1H3,(H,16,17)/t9?,10-/m1/s1. The minimum absolute atomic E-state index is 0.0607. The second kappa shape index (κ2) is 6.59. The number of rotatable bonds is 5. The minimum Gasteiger partial charge on any atom is -0.480 e. The van der Waals surface area contributed by atoms with Gasteiger partial charge in [-0.05, 0) is 31.7 Å². The highest BCUT2D eigenvalue weighted by Crippen LogP contribution is 2.20. The third-order valence-electron chi connectivity index (χ3n) is 3.48. The smallest absolute Gasteiger partial charge is 0.326 e. The molecule has 0 spiro atoms. The highest BCUT2D eigenvalue weighted by Gasteiger charge is 2.32. The quantitative estimate of drug-likeness (QED) is 0.748. The maximum Gasteiger partial charge on any atom is 0.326 e. The molecule has 98 valence electrons. The second-order valence-electron chi connectivity index (χ2n) is 4.65. The molecule has 0 aromatic heterocycles. The SMILES string of the molecule is CCC(CN)CC(=O)N1CCCC[C@@H]1C(=O)O. The summed E-state index contributed by atoms with van der Waals surface area (Å²) in [7, 11) is 0. The summed E-state index contributed by atoms with van der Waals surface area (Å²) in [5.74, 6) is -0.785. The monoisotopic (exact) mass is 242 g/mol. The van der Waals surface area contributed by atoms with Crippen molar-refractivity contribution >= 4 is 11.9 Å². The van der Waals surface area contributed by atoms with E-state index in [2.05, 4.69) is 0 Å². The molecule has 1 heterocycles. The van der Waals surface area contributed by atoms with E-state index in [4.69, 9.17) is 10.8 Å². The van der Waals surface area contributed by atoms with Gasteiger partial charge in [0.2, 0.25) is 5.91 Å². The van der Waals surface area contributed by atoms with Crippen molar-refractivity contribution in [2.45, 2.75) is 45.1 Å². The Morgan fingerprint density at radius 3 is 2.71 bits per heavy atom. The third-order valence-corrected chi connectivity index (χ3v) is 3.48. The summed E-state index contributed by atoms with van der Waals surface area (Å²) in [6.07, 6.45) is 3.58. The Balaban J connectivity index is 2.61. The fourth-order valence-electron chi connectivity index (χ4n) is 2.25. The van der Waals surface area contributed by atoms with E-state index in [0.29, 0.717) is 25.9 Å². The summed E-state index contributed by atoms with van der Waals surface area (Å²) in [5.41, 5.74) is 5.57. The predicted octanol–water partition coefficient (Wildman–Crippen LogP) is 0.827. The molecule has 3 N–H and O–H groups in total. The van der Waals surface area contributed by atoms with Gasteiger partial charge in [0.15, 0.2) is 0 Å². The first-order valence-electron chi connectivity index (χ1n) is 6.32. The molecule has 2 atom stereocenters. The van der Waals surface area contributed by atoms with Crippen molar-refractivity contribution < 1.29 is 14.7 Å². The van der Waals surface area contributed by atoms with Crippen LogP contribution in [0.1, 0.15) is 39.0 Å². The number of nitrogens with zero attached hydrogens (tertiary/aromatic N) is 1. The Hall–Kier alpha value is -1.10. The first kappa shape index (κ1) is 14.0. The molecular formula is C12H22N2O3. The number of hydrogen-bond donors (Lipinski definition) is 2. The van der Waals surface area contributed by atoms with Gasteiger partial charge in [0, 0.05) is 13.0 Å². The first-order chi connectivity index (χ1) is 8.10. The normalized spacial score (nSPS) is 22.2. The average molecular weight is 242 g/mol. The second-order valence-corrected chi connectivity index (χ2v) is 4.65. The van der Waals surface area contributed by atoms with Crippen molar-refractivity contribution in [2.75, 3.05) is 13.1 Å². The van der Waals surface area contributed by atoms with Gasteiger partial charge in [-0.25, -0.2) is 4.79 Å². The molecule has 1 unspecified atom stereocenters. The van der Waals surface area contributed by atoms with Crippen molar-refractivity contribution in [1.29, 1.82) is 0 Å². The van der Waals surface area contributed by atoms with Crippen LogP contribution in [-0.4, -0.2) is 41.0 Å². The van der Waals surface area contributed by atoms with Crippen LogP contribution in [-0.2, 0) is 9.59 Å². The average Bonchev–Trinajstić information content (AvgIpc) is 2.35. The zero-order valence-electron chi connectivity index (χ0n) is 10.4. The summed E-state index contributed by atoms with van der Waals surface area (Å²) in [6.45, 7) is 3.04. The molecule has 0 aromatic carbocycles. The van der Waals surface area contributed by atoms with E-state index in [0.717, 1.165) is 19.3 Å². The highest BCUT2D eigenvalue weighted by atomic mass is 16.4. The van der Waals surface area contributed by atoms with E-state index >= 15 is 0 Å². The maximum atomic E-state index is 12.0. The molecule has 0 bridgehead atoms. The number of amides is 1. The number of nitrogens with two attached hydrogens (primary N) is 1. The predicted molar refractivity (Wildman–Crippen MR) is 64.4 cm³/mol. The number of carboxylic acids is 1. The molecule has 0 aliphatic carbocycles. The van der Waals surface area contributed by atoms with Crippen LogP contribution in [0.4, 0.5) is 0 Å². The summed E-state index contributed by atoms with van der Waals surface area (Å²) < 4.78 is 0. The van der Waals surface area contributed by atoms with Gasteiger partial charge >= 0.3 is 5.97 Å². The van der Waals surface area contributed by atoms with Gasteiger partial charge in [0.25, 0.3) is 0 Å². The molecule has 1 fully saturated rings. The molecule has 1 saturated heterocycles. The van der Waals surface area contributed by atoms with Gasteiger partial charge in [-0.2, -0.15) is 0 Å². The lowest BCUT2D eigenvalue weighted by Crippen LogP contribution is -2.48. The van der Waals surface area contributed by atoms with Crippen molar-refractivity contribution in [3.63, 3.8) is 0 Å². The van der Waals surface area contributed by atoms with Gasteiger partial charge in [0.1, 0.15) is 6.04 Å². The van der Waals surface area contributed by atoms with Gasteiger partial charge in [0.05, 0.1) is 0 Å². The van der Waals surface area contributed by atoms with E-state index < -0.39 is 12.0 Å². The molecule has 1 rings (SSSR count). The van der Waals surface area contributed by atoms with Crippen LogP contribution in [0, 0.1) is 5.92 Å². The summed E-state index contributed by atoms with van der Waals surface area (Å²) in [6, 6.07) is -0.633. The number of hydrogen-bond acceptors (Lipinski definition) is 3. The molecule has 0 aromatic rings. The molecule has 1 aliphatic heterocycles. The van der Waals surface area contributed by atoms with E-state index in [9.17, 15) is 9.59 Å². The van der Waals surface area contributed by atoms with Gasteiger partial charge in [-0.1, -0.05) is 13.3 Å². The molecule has 0 saturated carbocycles. The Kier molecular flexibility index (Phi) is 5.41. The number of likely N-dealkylation sites (tertiary alicyclic amines) is 1. The van der Waals surface area contributed by atoms with Crippen LogP contribution in [0.2, 0.25) is 0 Å². The fourth-order valence-corrected chi connectivity index (χ4v) is 2.25. The van der Waals surface area contributed by atoms with Crippen LogP contribution in [0.3, 0.4) is 0 Å². The lowest BCUT2D eigenvalue weighted by Gasteiger charge is -2.33. The van der Waals surface area contributed by atoms with Gasteiger partial charge < -0.3 is 15.7 Å². The van der Waals surface area contributed by atoms with E-state index in [-0.39, 0.29) is 11.8 Å². The van der Waals surface area contributed by atoms with Crippen LogP contribution in [0.5, 0.6) is 0 Å². The molecule has 5 nitrogen and oxygen atoms in total. The van der Waals surface area contributed by atoms with E-state index in [1.165, 1.54) is 4.90 Å². The first-order valence-corrected chi connectivity index (χ1v) is 6.32. The van der Waals surface area contributed by atoms with Crippen molar-refractivity contribution in [3.8, 4) is 0 Å². The number of carbonyl (C=O) groups excluding carboxylic acids is 1. The number of carboxylic acid groups (broad SMARTS) is 1. The Labute approximate surface area is 102 Å². The number of aliphatic carboxylic acids is 1. The lowest BCUT2D eigenvalue weighted by molar-refractivity contribution is -0.152. The summed E-state index contributed by atoms with van der Waals surface area (Å²) in [5, 5.41) is 9.09. The maximum absolute atomic E-state index is 12.0. The van der Waals surface area contributed by atoms with Gasteiger partial charge in [-0.15, -0.1) is 0 Å². The molecule has 1 aliphatic rings. The Morgan fingerprint density at radius 2 is 2.18 bits per heavy atom. The fraction of sp³-hybridized carbons (Fsp3) is 0.833. The molecule has 1 amide bonds. The number of piperidine rings is 1. The van der Waals surface area contributed by atoms with E-state index in [1.807, 2.05) is 6.92 Å². The summed E-state index contributed by atoms with van der Waals surface area (Å²) in [4.78, 5) is 24.6. The van der Waals surface area contributed by atoms with Crippen LogP contribution >= 0.6 is 0 Å². The molecular weight excluding hydrogens is 220 g/mol. The zero-order chi connectivity index (χ0) is 12.8. The largest absolute Gasteiger partial charge is 0.480 e. The summed E-state index contributed by atoms with van der Waals surface area (Å²) >= 11 is 0. The highest BCUT2D eigenvalue weighted by molar-refractivity contribution is 5.84. The third kappa shape index (κ3) is 3.70. The van der Waals surface area contributed by atoms with Crippen LogP contribution < -0.4 is 5.73 Å². The zero-order valence-corrected chi connectivity index (χ0v) is 10.4. The van der Waals surface area contributed by atoms with Gasteiger partial charge in [-0.3, -0.25) is 4.79 Å². The number of carbonyl (C=O) groups is 2. The topological polar surface area (TPSA) is 83.6 Å². The molecule has 17 heavy (non-hydrogen) atoms.